The van der Waals surface area contributed by atoms with Crippen molar-refractivity contribution < 1.29 is 4.39 Å². The minimum atomic E-state index is -0.159. The summed E-state index contributed by atoms with van der Waals surface area (Å²) in [6.07, 6.45) is 0. The van der Waals surface area contributed by atoms with E-state index in [0.717, 1.165) is 24.1 Å². The molecule has 0 bridgehead atoms. The van der Waals surface area contributed by atoms with E-state index >= 15 is 0 Å². The summed E-state index contributed by atoms with van der Waals surface area (Å²) in [4.78, 5) is 1.98. The van der Waals surface area contributed by atoms with Gasteiger partial charge in [0.25, 0.3) is 0 Å². The number of hydrogen-bond acceptors (Lipinski definition) is 2. The van der Waals surface area contributed by atoms with Gasteiger partial charge in [0.05, 0.1) is 5.69 Å². The second kappa shape index (κ2) is 4.49. The first-order valence-electron chi connectivity index (χ1n) is 5.03. The number of halogens is 2. The van der Waals surface area contributed by atoms with Crippen molar-refractivity contribution in [2.75, 3.05) is 31.6 Å². The molecule has 0 saturated carbocycles. The Hall–Kier alpha value is -0.610. The third-order valence-corrected chi connectivity index (χ3v) is 3.21. The molecule has 1 aromatic carbocycles. The van der Waals surface area contributed by atoms with Gasteiger partial charge in [0.2, 0.25) is 0 Å². The number of nitrogens with zero attached hydrogens (tertiary/aromatic N) is 1. The standard InChI is InChI=1S/C11H14BrFN2/c1-15(7-8-5-14-6-8)11-4-9(12)2-3-10(11)13/h2-4,8,14H,5-7H2,1H3. The van der Waals surface area contributed by atoms with Gasteiger partial charge in [0, 0.05) is 37.1 Å². The largest absolute Gasteiger partial charge is 0.372 e. The number of benzene rings is 1. The van der Waals surface area contributed by atoms with Gasteiger partial charge in [-0.1, -0.05) is 15.9 Å². The monoisotopic (exact) mass is 272 g/mol. The van der Waals surface area contributed by atoms with E-state index in [-0.39, 0.29) is 5.82 Å². The van der Waals surface area contributed by atoms with Crippen LogP contribution in [-0.2, 0) is 0 Å². The highest BCUT2D eigenvalue weighted by Gasteiger charge is 2.19. The lowest BCUT2D eigenvalue weighted by Gasteiger charge is -2.32. The first-order valence-corrected chi connectivity index (χ1v) is 5.83. The molecular formula is C11H14BrFN2. The highest BCUT2D eigenvalue weighted by molar-refractivity contribution is 9.10. The number of nitrogens with one attached hydrogen (secondary N) is 1. The summed E-state index contributed by atoms with van der Waals surface area (Å²) < 4.78 is 14.4. The van der Waals surface area contributed by atoms with Crippen molar-refractivity contribution in [3.8, 4) is 0 Å². The van der Waals surface area contributed by atoms with Gasteiger partial charge in [-0.05, 0) is 18.2 Å². The Morgan fingerprint density at radius 1 is 1.53 bits per heavy atom. The van der Waals surface area contributed by atoms with Crippen LogP contribution in [0.5, 0.6) is 0 Å². The third kappa shape index (κ3) is 2.49. The Morgan fingerprint density at radius 2 is 2.27 bits per heavy atom. The van der Waals surface area contributed by atoms with Crippen LogP contribution in [0, 0.1) is 11.7 Å². The molecule has 1 aliphatic rings. The molecule has 0 spiro atoms. The molecule has 0 aromatic heterocycles. The first kappa shape index (κ1) is 10.9. The van der Waals surface area contributed by atoms with Crippen LogP contribution in [0.25, 0.3) is 0 Å². The smallest absolute Gasteiger partial charge is 0.146 e. The molecule has 2 rings (SSSR count). The number of hydrogen-bond donors (Lipinski definition) is 1. The van der Waals surface area contributed by atoms with Gasteiger partial charge < -0.3 is 10.2 Å². The molecule has 0 radical (unpaired) electrons. The fraction of sp³-hybridized carbons (Fsp3) is 0.455. The Bertz CT molecular complexity index is 352. The minimum Gasteiger partial charge on any atom is -0.372 e. The van der Waals surface area contributed by atoms with Gasteiger partial charge in [-0.3, -0.25) is 0 Å². The summed E-state index contributed by atoms with van der Waals surface area (Å²) in [5.41, 5.74) is 0.663. The van der Waals surface area contributed by atoms with Crippen LogP contribution in [-0.4, -0.2) is 26.7 Å². The Kier molecular flexibility index (Phi) is 3.26. The lowest BCUT2D eigenvalue weighted by molar-refractivity contribution is 0.352. The summed E-state index contributed by atoms with van der Waals surface area (Å²) in [7, 11) is 1.93. The average molecular weight is 273 g/mol. The zero-order valence-electron chi connectivity index (χ0n) is 8.63. The van der Waals surface area contributed by atoms with E-state index in [4.69, 9.17) is 0 Å². The van der Waals surface area contributed by atoms with Gasteiger partial charge in [-0.25, -0.2) is 4.39 Å². The number of anilines is 1. The molecule has 1 saturated heterocycles. The van der Waals surface area contributed by atoms with E-state index in [2.05, 4.69) is 21.2 Å². The van der Waals surface area contributed by atoms with Crippen LogP contribution in [0.2, 0.25) is 0 Å². The fourth-order valence-electron chi connectivity index (χ4n) is 1.74. The van der Waals surface area contributed by atoms with Crippen LogP contribution < -0.4 is 10.2 Å². The van der Waals surface area contributed by atoms with Crippen LogP contribution >= 0.6 is 15.9 Å². The maximum Gasteiger partial charge on any atom is 0.146 e. The highest BCUT2D eigenvalue weighted by atomic mass is 79.9. The van der Waals surface area contributed by atoms with Crippen molar-refractivity contribution in [1.82, 2.24) is 5.32 Å². The molecule has 4 heteroatoms. The Labute approximate surface area is 97.6 Å². The molecule has 82 valence electrons. The van der Waals surface area contributed by atoms with Crippen molar-refractivity contribution in [1.29, 1.82) is 0 Å². The van der Waals surface area contributed by atoms with Crippen molar-refractivity contribution in [3.05, 3.63) is 28.5 Å². The highest BCUT2D eigenvalue weighted by Crippen LogP contribution is 2.24. The molecule has 0 unspecified atom stereocenters. The van der Waals surface area contributed by atoms with Crippen LogP contribution in [0.15, 0.2) is 22.7 Å². The average Bonchev–Trinajstić information content (AvgIpc) is 2.15. The summed E-state index contributed by atoms with van der Waals surface area (Å²) >= 11 is 3.36. The lowest BCUT2D eigenvalue weighted by atomic mass is 10.0. The van der Waals surface area contributed by atoms with Gasteiger partial charge in [-0.2, -0.15) is 0 Å². The topological polar surface area (TPSA) is 15.3 Å². The van der Waals surface area contributed by atoms with Crippen LogP contribution in [0.3, 0.4) is 0 Å². The predicted molar refractivity (Wildman–Crippen MR) is 63.7 cm³/mol. The zero-order valence-corrected chi connectivity index (χ0v) is 10.2. The van der Waals surface area contributed by atoms with Crippen molar-refractivity contribution in [2.24, 2.45) is 5.92 Å². The Morgan fingerprint density at radius 3 is 2.87 bits per heavy atom. The molecule has 2 nitrogen and oxygen atoms in total. The maximum absolute atomic E-state index is 13.5. The third-order valence-electron chi connectivity index (χ3n) is 2.72. The normalized spacial score (nSPS) is 16.2. The maximum atomic E-state index is 13.5. The molecule has 1 aliphatic heterocycles. The van der Waals surface area contributed by atoms with Crippen molar-refractivity contribution >= 4 is 21.6 Å². The first-order chi connectivity index (χ1) is 7.16. The molecule has 1 heterocycles. The zero-order chi connectivity index (χ0) is 10.8. The molecule has 1 fully saturated rings. The van der Waals surface area contributed by atoms with Gasteiger partial charge in [-0.15, -0.1) is 0 Å². The predicted octanol–water partition coefficient (Wildman–Crippen LogP) is 2.24. The number of rotatable bonds is 3. The summed E-state index contributed by atoms with van der Waals surface area (Å²) in [6, 6.07) is 5.04. The van der Waals surface area contributed by atoms with Crippen molar-refractivity contribution in [3.63, 3.8) is 0 Å². The molecule has 15 heavy (non-hydrogen) atoms. The Balaban J connectivity index is 2.09. The molecule has 1 aromatic rings. The SMILES string of the molecule is CN(CC1CNC1)c1cc(Br)ccc1F. The van der Waals surface area contributed by atoms with E-state index in [0.29, 0.717) is 11.6 Å². The van der Waals surface area contributed by atoms with E-state index in [1.54, 1.807) is 6.07 Å². The van der Waals surface area contributed by atoms with Crippen LogP contribution in [0.4, 0.5) is 10.1 Å². The minimum absolute atomic E-state index is 0.159. The summed E-state index contributed by atoms with van der Waals surface area (Å²) in [5.74, 6) is 0.487. The fourth-order valence-corrected chi connectivity index (χ4v) is 2.09. The second-order valence-electron chi connectivity index (χ2n) is 4.00. The second-order valence-corrected chi connectivity index (χ2v) is 4.92. The van der Waals surface area contributed by atoms with Gasteiger partial charge >= 0.3 is 0 Å². The lowest BCUT2D eigenvalue weighted by Crippen LogP contribution is -2.47. The molecule has 0 atom stereocenters. The van der Waals surface area contributed by atoms with Crippen molar-refractivity contribution in [2.45, 2.75) is 0 Å². The molecule has 0 aliphatic carbocycles. The quantitative estimate of drug-likeness (QED) is 0.908. The van der Waals surface area contributed by atoms with E-state index < -0.39 is 0 Å². The van der Waals surface area contributed by atoms with E-state index in [1.165, 1.54) is 6.07 Å². The van der Waals surface area contributed by atoms with Gasteiger partial charge in [0.1, 0.15) is 5.82 Å². The van der Waals surface area contributed by atoms with E-state index in [9.17, 15) is 4.39 Å². The van der Waals surface area contributed by atoms with Gasteiger partial charge in [0.15, 0.2) is 0 Å². The van der Waals surface area contributed by atoms with Crippen LogP contribution in [0.1, 0.15) is 0 Å². The molecular weight excluding hydrogens is 259 g/mol. The summed E-state index contributed by atoms with van der Waals surface area (Å²) in [5, 5.41) is 3.21. The molecule has 0 amide bonds. The molecule has 1 N–H and O–H groups in total. The van der Waals surface area contributed by atoms with E-state index in [1.807, 2.05) is 18.0 Å². The summed E-state index contributed by atoms with van der Waals surface area (Å²) in [6.45, 7) is 2.99.